The predicted octanol–water partition coefficient (Wildman–Crippen LogP) is -0.645. The third-order valence-corrected chi connectivity index (χ3v) is 3.96. The summed E-state index contributed by atoms with van der Waals surface area (Å²) >= 11 is 8.64. The van der Waals surface area contributed by atoms with Crippen molar-refractivity contribution in [3.63, 3.8) is 0 Å². The van der Waals surface area contributed by atoms with Crippen molar-refractivity contribution in [2.24, 2.45) is 0 Å². The van der Waals surface area contributed by atoms with Crippen LogP contribution in [0, 0.1) is 0 Å². The first-order valence-corrected chi connectivity index (χ1v) is 8.80. The highest BCUT2D eigenvalue weighted by Gasteiger charge is 2.20. The van der Waals surface area contributed by atoms with Crippen LogP contribution in [0.15, 0.2) is 0 Å². The topological polar surface area (TPSA) is 77.8 Å². The molecule has 0 bridgehead atoms. The van der Waals surface area contributed by atoms with Crippen LogP contribution >= 0.6 is 0 Å². The molecule has 0 fully saturated rings. The average Bonchev–Trinajstić information content (AvgIpc) is 1.78. The smallest absolute Gasteiger partial charge is 0.143 e. The Balaban J connectivity index is 4.64. The van der Waals surface area contributed by atoms with E-state index in [4.69, 9.17) is 9.11 Å². The van der Waals surface area contributed by atoms with Gasteiger partial charge in [0.2, 0.25) is 0 Å². The lowest BCUT2D eigenvalue weighted by molar-refractivity contribution is 0.334. The zero-order valence-corrected chi connectivity index (χ0v) is 11.0. The molecule has 0 aromatic carbocycles. The van der Waals surface area contributed by atoms with Gasteiger partial charge in [-0.25, -0.2) is 8.42 Å². The van der Waals surface area contributed by atoms with Crippen molar-refractivity contribution in [3.8, 4) is 0 Å². The van der Waals surface area contributed by atoms with Crippen LogP contribution in [0.4, 0.5) is 0 Å². The minimum Gasteiger partial charge on any atom is -0.306 e. The van der Waals surface area contributed by atoms with Crippen molar-refractivity contribution in [3.05, 3.63) is 0 Å². The fourth-order valence-corrected chi connectivity index (χ4v) is 3.73. The second kappa shape index (κ2) is 5.10. The van der Waals surface area contributed by atoms with Crippen LogP contribution in [0.1, 0.15) is 0 Å². The summed E-state index contributed by atoms with van der Waals surface area (Å²) in [5, 5.41) is 0. The van der Waals surface area contributed by atoms with E-state index in [0.717, 1.165) is 0 Å². The van der Waals surface area contributed by atoms with Gasteiger partial charge in [0, 0.05) is 28.4 Å². The molecule has 14 heavy (non-hydrogen) atoms. The van der Waals surface area contributed by atoms with E-state index in [0.29, 0.717) is 0 Å². The summed E-state index contributed by atoms with van der Waals surface area (Å²) in [6.45, 7) is 0. The van der Waals surface area contributed by atoms with E-state index in [9.17, 15) is 8.42 Å². The molecule has 2 unspecified atom stereocenters. The van der Waals surface area contributed by atoms with Crippen LogP contribution < -0.4 is 0 Å². The molecule has 0 aliphatic carbocycles. The molecule has 0 radical (unpaired) electrons. The summed E-state index contributed by atoms with van der Waals surface area (Å²) in [4.78, 5) is 1.56. The molecule has 0 rings (SSSR count). The van der Waals surface area contributed by atoms with Crippen molar-refractivity contribution in [1.29, 1.82) is 0 Å². The van der Waals surface area contributed by atoms with Gasteiger partial charge in [-0.05, 0) is 14.1 Å². The highest BCUT2D eigenvalue weighted by molar-refractivity contribution is 8.30. The van der Waals surface area contributed by atoms with Crippen LogP contribution in [0.5, 0.6) is 0 Å². The Hall–Kier alpha value is 0.620. The van der Waals surface area contributed by atoms with Crippen LogP contribution in [-0.2, 0) is 39.9 Å². The number of rotatable bonds is 5. The first-order valence-electron chi connectivity index (χ1n) is 3.58. The van der Waals surface area contributed by atoms with E-state index in [1.165, 1.54) is 0 Å². The molecule has 5 nitrogen and oxygen atoms in total. The second-order valence-corrected chi connectivity index (χ2v) is 9.23. The number of nitrogens with zero attached hydrogens (tertiary/aromatic N) is 1. The Morgan fingerprint density at radius 2 is 1.43 bits per heavy atom. The van der Waals surface area contributed by atoms with Gasteiger partial charge < -0.3 is 14.0 Å². The first kappa shape index (κ1) is 14.6. The molecule has 0 aliphatic rings. The zero-order chi connectivity index (χ0) is 11.6. The van der Waals surface area contributed by atoms with Crippen molar-refractivity contribution < 1.29 is 17.5 Å². The molecule has 86 valence electrons. The first-order chi connectivity index (χ1) is 6.01. The molecule has 2 atom stereocenters. The third-order valence-electron chi connectivity index (χ3n) is 1.54. The van der Waals surface area contributed by atoms with Crippen LogP contribution in [-0.4, -0.2) is 54.1 Å². The molecule has 9 heteroatoms. The average molecular weight is 279 g/mol. The summed E-state index contributed by atoms with van der Waals surface area (Å²) < 4.78 is 39.7. The lowest BCUT2D eigenvalue weighted by Crippen LogP contribution is -2.39. The molecule has 0 amide bonds. The molecule has 0 aliphatic heterocycles. The van der Waals surface area contributed by atoms with Gasteiger partial charge in [-0.15, -0.1) is 0 Å². The summed E-state index contributed by atoms with van der Waals surface area (Å²) in [7, 11) is -3.40. The van der Waals surface area contributed by atoms with Crippen LogP contribution in [0.2, 0.25) is 0 Å². The Labute approximate surface area is 93.9 Å². The second-order valence-electron chi connectivity index (χ2n) is 3.11. The molecule has 0 saturated carbocycles. The van der Waals surface area contributed by atoms with E-state index in [2.05, 4.69) is 22.4 Å². The zero-order valence-electron chi connectivity index (χ0n) is 7.78. The SMILES string of the molecule is CN(C)C(CS(=O)(O)=S)CS(=O)(O)=S. The minimum atomic E-state index is -3.33. The predicted molar refractivity (Wildman–Crippen MR) is 63.5 cm³/mol. The third kappa shape index (κ3) is 7.97. The summed E-state index contributed by atoms with van der Waals surface area (Å²) in [5.41, 5.74) is 0. The maximum Gasteiger partial charge on any atom is 0.143 e. The monoisotopic (exact) mass is 279 g/mol. The van der Waals surface area contributed by atoms with Gasteiger partial charge in [-0.1, -0.05) is 0 Å². The van der Waals surface area contributed by atoms with Crippen LogP contribution in [0.3, 0.4) is 0 Å². The van der Waals surface area contributed by atoms with Gasteiger partial charge in [0.1, 0.15) is 17.5 Å². The van der Waals surface area contributed by atoms with Crippen molar-refractivity contribution in [2.75, 3.05) is 25.6 Å². The highest BCUT2D eigenvalue weighted by Crippen LogP contribution is 2.02. The standard InChI is InChI=1S/C5H13NO4S4/c1-6(2)5(3-13(7,8)11)4-14(9,10)12/h5H,3-4H2,1-2H3,(H,7,8,11)(H,9,10,12). The number of hydrogen-bond donors (Lipinski definition) is 2. The maximum atomic E-state index is 10.9. The lowest BCUT2D eigenvalue weighted by Gasteiger charge is -2.22. The number of hydrogen-bond acceptors (Lipinski definition) is 5. The van der Waals surface area contributed by atoms with Crippen molar-refractivity contribution >= 4 is 39.9 Å². The quantitative estimate of drug-likeness (QED) is 0.693. The molecule has 0 saturated heterocycles. The fourth-order valence-electron chi connectivity index (χ4n) is 0.832. The maximum absolute atomic E-state index is 10.9. The van der Waals surface area contributed by atoms with Gasteiger partial charge in [0.05, 0.1) is 11.5 Å². The molecule has 0 spiro atoms. The van der Waals surface area contributed by atoms with E-state index >= 15 is 0 Å². The van der Waals surface area contributed by atoms with E-state index in [1.807, 2.05) is 0 Å². The van der Waals surface area contributed by atoms with Crippen LogP contribution in [0.25, 0.3) is 0 Å². The molecular weight excluding hydrogens is 266 g/mol. The molecular formula is C5H13NO4S4. The van der Waals surface area contributed by atoms with Gasteiger partial charge in [-0.3, -0.25) is 0 Å². The van der Waals surface area contributed by atoms with E-state index < -0.39 is 23.6 Å². The van der Waals surface area contributed by atoms with E-state index in [-0.39, 0.29) is 11.5 Å². The molecule has 0 aromatic rings. The lowest BCUT2D eigenvalue weighted by atomic mass is 10.4. The van der Waals surface area contributed by atoms with Crippen molar-refractivity contribution in [1.82, 2.24) is 4.90 Å². The van der Waals surface area contributed by atoms with Gasteiger partial charge in [0.15, 0.2) is 0 Å². The summed E-state index contributed by atoms with van der Waals surface area (Å²) in [5.74, 6) is -0.465. The highest BCUT2D eigenvalue weighted by atomic mass is 32.8. The largest absolute Gasteiger partial charge is 0.306 e. The molecule has 0 aromatic heterocycles. The Kier molecular flexibility index (Phi) is 5.33. The summed E-state index contributed by atoms with van der Waals surface area (Å²) in [6, 6.07) is -0.556. The summed E-state index contributed by atoms with van der Waals surface area (Å²) in [6.07, 6.45) is 0. The Morgan fingerprint density at radius 1 is 1.14 bits per heavy atom. The Morgan fingerprint density at radius 3 is 1.57 bits per heavy atom. The fraction of sp³-hybridized carbons (Fsp3) is 1.00. The Bertz CT molecular complexity index is 337. The van der Waals surface area contributed by atoms with E-state index in [1.54, 1.807) is 19.0 Å². The van der Waals surface area contributed by atoms with Crippen molar-refractivity contribution in [2.45, 2.75) is 6.04 Å². The van der Waals surface area contributed by atoms with Gasteiger partial charge in [0.25, 0.3) is 0 Å². The normalized spacial score (nSPS) is 22.6. The van der Waals surface area contributed by atoms with Gasteiger partial charge in [-0.2, -0.15) is 0 Å². The molecule has 0 heterocycles. The minimum absolute atomic E-state index is 0.233. The van der Waals surface area contributed by atoms with Gasteiger partial charge >= 0.3 is 0 Å². The molecule has 2 N–H and O–H groups in total.